The minimum atomic E-state index is -1.15. The van der Waals surface area contributed by atoms with Crippen molar-refractivity contribution in [2.45, 2.75) is 0 Å². The number of hydrogen-bond acceptors (Lipinski definition) is 4. The van der Waals surface area contributed by atoms with Crippen molar-refractivity contribution in [3.8, 4) is 22.8 Å². The molecular weight excluding hydrogens is 267 g/mol. The van der Waals surface area contributed by atoms with Gasteiger partial charge in [-0.3, -0.25) is 4.68 Å². The lowest BCUT2D eigenvalue weighted by molar-refractivity contribution is 0.0689. The molecular formula is C13H13FN2O4. The first kappa shape index (κ1) is 13.9. The monoisotopic (exact) mass is 280 g/mol. The van der Waals surface area contributed by atoms with Crippen molar-refractivity contribution < 1.29 is 23.8 Å². The van der Waals surface area contributed by atoms with E-state index in [1.54, 1.807) is 7.05 Å². The van der Waals surface area contributed by atoms with E-state index in [1.165, 1.54) is 37.1 Å². The fourth-order valence-corrected chi connectivity index (χ4v) is 1.88. The van der Waals surface area contributed by atoms with E-state index in [9.17, 15) is 9.18 Å². The van der Waals surface area contributed by atoms with Gasteiger partial charge in [-0.25, -0.2) is 9.18 Å². The van der Waals surface area contributed by atoms with Crippen LogP contribution in [0.5, 0.6) is 11.5 Å². The van der Waals surface area contributed by atoms with Crippen molar-refractivity contribution in [3.05, 3.63) is 29.7 Å². The van der Waals surface area contributed by atoms with Crippen LogP contribution < -0.4 is 9.47 Å². The molecule has 0 atom stereocenters. The van der Waals surface area contributed by atoms with Crippen LogP contribution in [-0.4, -0.2) is 35.1 Å². The van der Waals surface area contributed by atoms with Crippen LogP contribution in [0, 0.1) is 5.82 Å². The molecule has 0 fully saturated rings. The van der Waals surface area contributed by atoms with Gasteiger partial charge in [0.1, 0.15) is 5.75 Å². The lowest BCUT2D eigenvalue weighted by Crippen LogP contribution is -2.00. The Balaban J connectivity index is 2.62. The molecule has 0 aliphatic carbocycles. The molecule has 0 saturated carbocycles. The molecule has 106 valence electrons. The molecule has 2 aromatic rings. The molecule has 0 radical (unpaired) electrons. The Morgan fingerprint density at radius 3 is 2.40 bits per heavy atom. The summed E-state index contributed by atoms with van der Waals surface area (Å²) in [6.07, 6.45) is 0. The fraction of sp³-hybridized carbons (Fsp3) is 0.231. The molecule has 7 heteroatoms. The Labute approximate surface area is 114 Å². The number of carboxylic acids is 1. The van der Waals surface area contributed by atoms with Gasteiger partial charge in [-0.2, -0.15) is 5.10 Å². The maximum Gasteiger partial charge on any atom is 0.356 e. The molecule has 0 amide bonds. The second-order valence-corrected chi connectivity index (χ2v) is 4.03. The van der Waals surface area contributed by atoms with Crippen LogP contribution in [0.3, 0.4) is 0 Å². The SMILES string of the molecule is COc1cc(OC)c(-c2cc(C(=O)O)nn2C)cc1F. The van der Waals surface area contributed by atoms with E-state index >= 15 is 0 Å². The average Bonchev–Trinajstić information content (AvgIpc) is 2.80. The summed E-state index contributed by atoms with van der Waals surface area (Å²) in [4.78, 5) is 10.9. The maximum absolute atomic E-state index is 13.8. The van der Waals surface area contributed by atoms with Gasteiger partial charge in [-0.1, -0.05) is 0 Å². The first-order valence-electron chi connectivity index (χ1n) is 5.67. The molecule has 6 nitrogen and oxygen atoms in total. The van der Waals surface area contributed by atoms with Crippen LogP contribution >= 0.6 is 0 Å². The number of carboxylic acid groups (broad SMARTS) is 1. The molecule has 20 heavy (non-hydrogen) atoms. The van der Waals surface area contributed by atoms with Crippen molar-refractivity contribution in [1.29, 1.82) is 0 Å². The van der Waals surface area contributed by atoms with Gasteiger partial charge in [-0.05, 0) is 12.1 Å². The molecule has 1 N–H and O–H groups in total. The van der Waals surface area contributed by atoms with Gasteiger partial charge >= 0.3 is 5.97 Å². The van der Waals surface area contributed by atoms with E-state index < -0.39 is 11.8 Å². The third kappa shape index (κ3) is 2.29. The van der Waals surface area contributed by atoms with Gasteiger partial charge in [0.15, 0.2) is 17.3 Å². The highest BCUT2D eigenvalue weighted by atomic mass is 19.1. The van der Waals surface area contributed by atoms with Crippen molar-refractivity contribution in [3.63, 3.8) is 0 Å². The zero-order valence-corrected chi connectivity index (χ0v) is 11.2. The Hall–Kier alpha value is -2.57. The number of halogens is 1. The van der Waals surface area contributed by atoms with Crippen LogP contribution in [0.2, 0.25) is 0 Å². The molecule has 1 heterocycles. The lowest BCUT2D eigenvalue weighted by atomic mass is 10.1. The van der Waals surface area contributed by atoms with Gasteiger partial charge in [0.05, 0.1) is 19.9 Å². The van der Waals surface area contributed by atoms with Crippen LogP contribution in [0.15, 0.2) is 18.2 Å². The molecule has 1 aromatic carbocycles. The quantitative estimate of drug-likeness (QED) is 0.926. The van der Waals surface area contributed by atoms with E-state index in [2.05, 4.69) is 5.10 Å². The number of carbonyl (C=O) groups is 1. The van der Waals surface area contributed by atoms with E-state index in [1.807, 2.05) is 0 Å². The Morgan fingerprint density at radius 1 is 1.25 bits per heavy atom. The van der Waals surface area contributed by atoms with Crippen molar-refractivity contribution >= 4 is 5.97 Å². The molecule has 0 unspecified atom stereocenters. The standard InChI is InChI=1S/C13H13FN2O4/c1-16-10(5-9(15-16)13(17)18)7-4-8(14)12(20-3)6-11(7)19-2/h4-6H,1-3H3,(H,17,18). The van der Waals surface area contributed by atoms with Gasteiger partial charge < -0.3 is 14.6 Å². The van der Waals surface area contributed by atoms with Gasteiger partial charge in [-0.15, -0.1) is 0 Å². The summed E-state index contributed by atoms with van der Waals surface area (Å²) in [6.45, 7) is 0. The Morgan fingerprint density at radius 2 is 1.90 bits per heavy atom. The molecule has 2 rings (SSSR count). The summed E-state index contributed by atoms with van der Waals surface area (Å²) in [7, 11) is 4.36. The summed E-state index contributed by atoms with van der Waals surface area (Å²) in [5.74, 6) is -1.31. The highest BCUT2D eigenvalue weighted by Crippen LogP contribution is 2.35. The molecule has 0 saturated heterocycles. The Bertz CT molecular complexity index is 667. The first-order chi connectivity index (χ1) is 9.47. The molecule has 0 aliphatic rings. The minimum absolute atomic E-state index is 0.0474. The van der Waals surface area contributed by atoms with Gasteiger partial charge in [0.2, 0.25) is 0 Å². The lowest BCUT2D eigenvalue weighted by Gasteiger charge is -2.11. The first-order valence-corrected chi connectivity index (χ1v) is 5.67. The predicted molar refractivity (Wildman–Crippen MR) is 68.7 cm³/mol. The Kier molecular flexibility index (Phi) is 3.60. The second-order valence-electron chi connectivity index (χ2n) is 4.03. The number of benzene rings is 1. The van der Waals surface area contributed by atoms with Gasteiger partial charge in [0, 0.05) is 18.7 Å². The maximum atomic E-state index is 13.8. The number of ether oxygens (including phenoxy) is 2. The third-order valence-corrected chi connectivity index (χ3v) is 2.85. The van der Waals surface area contributed by atoms with E-state index in [0.29, 0.717) is 17.0 Å². The summed E-state index contributed by atoms with van der Waals surface area (Å²) in [5.41, 5.74) is 0.704. The van der Waals surface area contributed by atoms with Crippen LogP contribution in [0.1, 0.15) is 10.5 Å². The summed E-state index contributed by atoms with van der Waals surface area (Å²) in [5, 5.41) is 12.8. The predicted octanol–water partition coefficient (Wildman–Crippen LogP) is 1.94. The molecule has 0 bridgehead atoms. The minimum Gasteiger partial charge on any atom is -0.496 e. The number of hydrogen-bond donors (Lipinski definition) is 1. The largest absolute Gasteiger partial charge is 0.496 e. The number of aromatic nitrogens is 2. The zero-order valence-electron chi connectivity index (χ0n) is 11.2. The van der Waals surface area contributed by atoms with Crippen LogP contribution in [-0.2, 0) is 7.05 Å². The van der Waals surface area contributed by atoms with E-state index in [4.69, 9.17) is 14.6 Å². The topological polar surface area (TPSA) is 73.6 Å². The van der Waals surface area contributed by atoms with Gasteiger partial charge in [0.25, 0.3) is 0 Å². The third-order valence-electron chi connectivity index (χ3n) is 2.85. The number of aromatic carboxylic acids is 1. The number of methoxy groups -OCH3 is 2. The molecule has 0 aliphatic heterocycles. The van der Waals surface area contributed by atoms with E-state index in [0.717, 1.165) is 0 Å². The normalized spacial score (nSPS) is 10.4. The number of aryl methyl sites for hydroxylation is 1. The number of rotatable bonds is 4. The van der Waals surface area contributed by atoms with Crippen LogP contribution in [0.25, 0.3) is 11.3 Å². The number of nitrogens with zero attached hydrogens (tertiary/aromatic N) is 2. The average molecular weight is 280 g/mol. The summed E-state index contributed by atoms with van der Waals surface area (Å²) < 4.78 is 25.2. The van der Waals surface area contributed by atoms with Crippen molar-refractivity contribution in [2.75, 3.05) is 14.2 Å². The fourth-order valence-electron chi connectivity index (χ4n) is 1.88. The smallest absolute Gasteiger partial charge is 0.356 e. The molecule has 1 aromatic heterocycles. The summed E-state index contributed by atoms with van der Waals surface area (Å²) >= 11 is 0. The zero-order chi connectivity index (χ0) is 14.9. The summed E-state index contributed by atoms with van der Waals surface area (Å²) in [6, 6.07) is 3.98. The van der Waals surface area contributed by atoms with Crippen molar-refractivity contribution in [1.82, 2.24) is 9.78 Å². The highest BCUT2D eigenvalue weighted by Gasteiger charge is 2.18. The second kappa shape index (κ2) is 5.20. The van der Waals surface area contributed by atoms with Crippen LogP contribution in [0.4, 0.5) is 4.39 Å². The highest BCUT2D eigenvalue weighted by molar-refractivity contribution is 5.87. The van der Waals surface area contributed by atoms with E-state index in [-0.39, 0.29) is 11.4 Å². The molecule has 0 spiro atoms. The van der Waals surface area contributed by atoms with Crippen molar-refractivity contribution in [2.24, 2.45) is 7.05 Å².